The number of rotatable bonds is 6. The normalized spacial score (nSPS) is 10.5. The number of ether oxygens (including phenoxy) is 1. The highest BCUT2D eigenvalue weighted by Gasteiger charge is 2.10. The molecule has 0 atom stereocenters. The van der Waals surface area contributed by atoms with Crippen molar-refractivity contribution in [3.05, 3.63) is 93.5 Å². The maximum atomic E-state index is 12.5. The first-order valence-corrected chi connectivity index (χ1v) is 9.66. The number of hydrogen-bond donors (Lipinski definition) is 1. The number of nitrogens with one attached hydrogen (secondary N) is 1. The fraction of sp³-hybridized carbons (Fsp3) is 0.174. The number of carbonyl (C=O) groups is 1. The Morgan fingerprint density at radius 3 is 2.33 bits per heavy atom. The summed E-state index contributed by atoms with van der Waals surface area (Å²) in [6.45, 7) is 4.61. The molecular formula is C23H22BrNO2. The lowest BCUT2D eigenvalue weighted by atomic mass is 10.1. The molecule has 0 aliphatic carbocycles. The summed E-state index contributed by atoms with van der Waals surface area (Å²) in [5.41, 5.74) is 4.86. The highest BCUT2D eigenvalue weighted by Crippen LogP contribution is 2.27. The molecule has 0 unspecified atom stereocenters. The minimum absolute atomic E-state index is 0.142. The third kappa shape index (κ3) is 5.44. The molecule has 3 aromatic rings. The van der Waals surface area contributed by atoms with Gasteiger partial charge in [0, 0.05) is 17.7 Å². The summed E-state index contributed by atoms with van der Waals surface area (Å²) in [6, 6.07) is 21.6. The highest BCUT2D eigenvalue weighted by molar-refractivity contribution is 9.10. The Kier molecular flexibility index (Phi) is 6.30. The summed E-state index contributed by atoms with van der Waals surface area (Å²) in [6.07, 6.45) is 0.836. The van der Waals surface area contributed by atoms with Crippen LogP contribution in [0.4, 0.5) is 5.69 Å². The molecule has 0 heterocycles. The first-order chi connectivity index (χ1) is 13.0. The fourth-order valence-electron chi connectivity index (χ4n) is 2.93. The van der Waals surface area contributed by atoms with Crippen LogP contribution in [0.1, 0.15) is 27.0 Å². The van der Waals surface area contributed by atoms with Gasteiger partial charge in [0.2, 0.25) is 0 Å². The fourth-order valence-corrected chi connectivity index (χ4v) is 3.43. The van der Waals surface area contributed by atoms with Gasteiger partial charge < -0.3 is 10.1 Å². The lowest BCUT2D eigenvalue weighted by Crippen LogP contribution is -2.12. The van der Waals surface area contributed by atoms with Crippen molar-refractivity contribution in [3.8, 4) is 5.75 Å². The van der Waals surface area contributed by atoms with Gasteiger partial charge in [-0.1, -0.05) is 36.4 Å². The Balaban J connectivity index is 1.62. The Morgan fingerprint density at radius 2 is 1.67 bits per heavy atom. The molecular weight excluding hydrogens is 402 g/mol. The standard InChI is InChI=1S/C23H22BrNO2/c1-16-12-17(2)14-20(13-16)25-23(26)19-8-9-22(21(24)15-19)27-11-10-18-6-4-3-5-7-18/h3-9,12-15H,10-11H2,1-2H3,(H,25,26). The van der Waals surface area contributed by atoms with Crippen molar-refractivity contribution in [2.75, 3.05) is 11.9 Å². The van der Waals surface area contributed by atoms with Gasteiger partial charge in [-0.05, 0) is 76.8 Å². The molecule has 0 aliphatic rings. The summed E-state index contributed by atoms with van der Waals surface area (Å²) in [5.74, 6) is 0.588. The van der Waals surface area contributed by atoms with Crippen LogP contribution >= 0.6 is 15.9 Å². The van der Waals surface area contributed by atoms with Crippen molar-refractivity contribution in [1.29, 1.82) is 0 Å². The number of benzene rings is 3. The van der Waals surface area contributed by atoms with Crippen molar-refractivity contribution in [3.63, 3.8) is 0 Å². The van der Waals surface area contributed by atoms with E-state index in [1.807, 2.05) is 50.2 Å². The molecule has 0 saturated heterocycles. The Hall–Kier alpha value is -2.59. The second kappa shape index (κ2) is 8.87. The molecule has 1 amide bonds. The maximum absolute atomic E-state index is 12.5. The van der Waals surface area contributed by atoms with E-state index in [-0.39, 0.29) is 5.91 Å². The Labute approximate surface area is 168 Å². The van der Waals surface area contributed by atoms with Crippen LogP contribution in [0.3, 0.4) is 0 Å². The van der Waals surface area contributed by atoms with E-state index in [1.54, 1.807) is 12.1 Å². The second-order valence-electron chi connectivity index (χ2n) is 6.56. The Morgan fingerprint density at radius 1 is 0.963 bits per heavy atom. The van der Waals surface area contributed by atoms with E-state index < -0.39 is 0 Å². The lowest BCUT2D eigenvalue weighted by Gasteiger charge is -2.11. The van der Waals surface area contributed by atoms with E-state index in [0.717, 1.165) is 33.5 Å². The third-order valence-electron chi connectivity index (χ3n) is 4.16. The van der Waals surface area contributed by atoms with E-state index >= 15 is 0 Å². The number of aryl methyl sites for hydroxylation is 2. The zero-order chi connectivity index (χ0) is 19.2. The van der Waals surface area contributed by atoms with Gasteiger partial charge in [-0.25, -0.2) is 0 Å². The monoisotopic (exact) mass is 423 g/mol. The molecule has 0 radical (unpaired) electrons. The number of carbonyl (C=O) groups excluding carboxylic acids is 1. The van der Waals surface area contributed by atoms with Crippen LogP contribution in [0.25, 0.3) is 0 Å². The quantitative estimate of drug-likeness (QED) is 0.532. The van der Waals surface area contributed by atoms with Crippen LogP contribution in [-0.2, 0) is 6.42 Å². The van der Waals surface area contributed by atoms with Crippen molar-refractivity contribution in [1.82, 2.24) is 0 Å². The predicted octanol–water partition coefficient (Wildman–Crippen LogP) is 5.94. The number of halogens is 1. The van der Waals surface area contributed by atoms with Gasteiger partial charge in [0.1, 0.15) is 5.75 Å². The van der Waals surface area contributed by atoms with Gasteiger partial charge in [0.05, 0.1) is 11.1 Å². The molecule has 0 bridgehead atoms. The van der Waals surface area contributed by atoms with Crippen LogP contribution in [0, 0.1) is 13.8 Å². The summed E-state index contributed by atoms with van der Waals surface area (Å²) >= 11 is 3.51. The van der Waals surface area contributed by atoms with Gasteiger partial charge in [0.25, 0.3) is 5.91 Å². The van der Waals surface area contributed by atoms with Gasteiger partial charge in [-0.15, -0.1) is 0 Å². The average Bonchev–Trinajstić information content (AvgIpc) is 2.63. The minimum Gasteiger partial charge on any atom is -0.492 e. The highest BCUT2D eigenvalue weighted by atomic mass is 79.9. The van der Waals surface area contributed by atoms with Crippen LogP contribution in [0.2, 0.25) is 0 Å². The maximum Gasteiger partial charge on any atom is 0.255 e. The zero-order valence-electron chi connectivity index (χ0n) is 15.5. The van der Waals surface area contributed by atoms with Gasteiger partial charge >= 0.3 is 0 Å². The van der Waals surface area contributed by atoms with E-state index in [1.165, 1.54) is 5.56 Å². The zero-order valence-corrected chi connectivity index (χ0v) is 17.0. The first kappa shape index (κ1) is 19.2. The van der Waals surface area contributed by atoms with Gasteiger partial charge in [-0.3, -0.25) is 4.79 Å². The van der Waals surface area contributed by atoms with Crippen LogP contribution < -0.4 is 10.1 Å². The minimum atomic E-state index is -0.142. The van der Waals surface area contributed by atoms with E-state index in [4.69, 9.17) is 4.74 Å². The average molecular weight is 424 g/mol. The molecule has 138 valence electrons. The van der Waals surface area contributed by atoms with Crippen LogP contribution in [0.15, 0.2) is 71.2 Å². The molecule has 27 heavy (non-hydrogen) atoms. The largest absolute Gasteiger partial charge is 0.492 e. The topological polar surface area (TPSA) is 38.3 Å². The van der Waals surface area contributed by atoms with Crippen molar-refractivity contribution in [2.45, 2.75) is 20.3 Å². The molecule has 3 aromatic carbocycles. The van der Waals surface area contributed by atoms with Gasteiger partial charge in [-0.2, -0.15) is 0 Å². The molecule has 4 heteroatoms. The molecule has 3 rings (SSSR count). The van der Waals surface area contributed by atoms with Crippen molar-refractivity contribution in [2.24, 2.45) is 0 Å². The van der Waals surface area contributed by atoms with Crippen LogP contribution in [0.5, 0.6) is 5.75 Å². The number of anilines is 1. The van der Waals surface area contributed by atoms with E-state index in [9.17, 15) is 4.79 Å². The molecule has 0 aliphatic heterocycles. The molecule has 0 spiro atoms. The second-order valence-corrected chi connectivity index (χ2v) is 7.41. The van der Waals surface area contributed by atoms with E-state index in [2.05, 4.69) is 39.4 Å². The first-order valence-electron chi connectivity index (χ1n) is 8.87. The summed E-state index contributed by atoms with van der Waals surface area (Å²) in [5, 5.41) is 2.95. The van der Waals surface area contributed by atoms with Gasteiger partial charge in [0.15, 0.2) is 0 Å². The SMILES string of the molecule is Cc1cc(C)cc(NC(=O)c2ccc(OCCc3ccccc3)c(Br)c2)c1. The molecule has 0 aromatic heterocycles. The third-order valence-corrected chi connectivity index (χ3v) is 4.78. The number of hydrogen-bond acceptors (Lipinski definition) is 2. The smallest absolute Gasteiger partial charge is 0.255 e. The molecule has 0 saturated carbocycles. The number of amides is 1. The molecule has 0 fully saturated rings. The molecule has 1 N–H and O–H groups in total. The van der Waals surface area contributed by atoms with E-state index in [0.29, 0.717) is 12.2 Å². The Bertz CT molecular complexity index is 918. The van der Waals surface area contributed by atoms with Crippen molar-refractivity contribution >= 4 is 27.5 Å². The lowest BCUT2D eigenvalue weighted by molar-refractivity contribution is 0.102. The molecule has 3 nitrogen and oxygen atoms in total. The summed E-state index contributed by atoms with van der Waals surface area (Å²) in [7, 11) is 0. The van der Waals surface area contributed by atoms with Crippen LogP contribution in [-0.4, -0.2) is 12.5 Å². The van der Waals surface area contributed by atoms with Crippen molar-refractivity contribution < 1.29 is 9.53 Å². The predicted molar refractivity (Wildman–Crippen MR) is 114 cm³/mol. The summed E-state index contributed by atoms with van der Waals surface area (Å²) < 4.78 is 6.61. The summed E-state index contributed by atoms with van der Waals surface area (Å²) in [4.78, 5) is 12.5.